The number of nitrogens with two attached hydrogens (primary N) is 1. The van der Waals surface area contributed by atoms with Crippen LogP contribution in [-0.2, 0) is 4.79 Å². The first-order chi connectivity index (χ1) is 10.8. The Morgan fingerprint density at radius 2 is 1.87 bits per heavy atom. The fraction of sp³-hybridized carbons (Fsp3) is 0.357. The highest BCUT2D eigenvalue weighted by Crippen LogP contribution is 2.28. The monoisotopic (exact) mass is 324 g/mol. The fourth-order valence-corrected chi connectivity index (χ4v) is 1.57. The highest BCUT2D eigenvalue weighted by atomic mass is 16.5. The maximum Gasteiger partial charge on any atom is 0.312 e. The van der Waals surface area contributed by atoms with Gasteiger partial charge in [-0.25, -0.2) is 4.79 Å². The van der Waals surface area contributed by atoms with Crippen LogP contribution in [0.1, 0.15) is 24.2 Å². The predicted octanol–water partition coefficient (Wildman–Crippen LogP) is -0.0883. The minimum atomic E-state index is -0.836. The average molecular weight is 324 g/mol. The fourth-order valence-electron chi connectivity index (χ4n) is 1.57. The quantitative estimate of drug-likeness (QED) is 0.543. The Labute approximate surface area is 133 Å². The molecule has 1 aromatic carbocycles. The van der Waals surface area contributed by atoms with Crippen LogP contribution in [0.5, 0.6) is 11.5 Å². The molecule has 9 nitrogen and oxygen atoms in total. The van der Waals surface area contributed by atoms with Gasteiger partial charge in [-0.05, 0) is 32.0 Å². The molecule has 0 aliphatic rings. The van der Waals surface area contributed by atoms with Crippen molar-refractivity contribution in [2.45, 2.75) is 20.0 Å². The Balaban J connectivity index is 2.66. The molecule has 0 atom stereocenters. The summed E-state index contributed by atoms with van der Waals surface area (Å²) >= 11 is 0. The number of nitrogens with one attached hydrogen (secondary N) is 3. The van der Waals surface area contributed by atoms with Crippen LogP contribution >= 0.6 is 0 Å². The summed E-state index contributed by atoms with van der Waals surface area (Å²) in [6.45, 7) is 3.39. The molecule has 0 aliphatic carbocycles. The SMILES string of the molecule is COc1cc(C(=O)NNC(=O)CNC(N)=O)ccc1OC(C)C. The van der Waals surface area contributed by atoms with Crippen LogP contribution in [0.2, 0.25) is 0 Å². The van der Waals surface area contributed by atoms with Gasteiger partial charge in [-0.15, -0.1) is 0 Å². The lowest BCUT2D eigenvalue weighted by Gasteiger charge is -2.14. The van der Waals surface area contributed by atoms with Crippen LogP contribution in [0.15, 0.2) is 18.2 Å². The van der Waals surface area contributed by atoms with Gasteiger partial charge < -0.3 is 20.5 Å². The molecule has 0 aliphatic heterocycles. The molecule has 9 heteroatoms. The largest absolute Gasteiger partial charge is 0.493 e. The maximum atomic E-state index is 12.0. The molecule has 0 spiro atoms. The van der Waals surface area contributed by atoms with E-state index in [2.05, 4.69) is 16.2 Å². The van der Waals surface area contributed by atoms with Gasteiger partial charge >= 0.3 is 6.03 Å². The Bertz CT molecular complexity index is 589. The van der Waals surface area contributed by atoms with Crippen LogP contribution in [0.4, 0.5) is 4.79 Å². The molecule has 0 saturated carbocycles. The molecule has 0 saturated heterocycles. The third-order valence-electron chi connectivity index (χ3n) is 2.53. The summed E-state index contributed by atoms with van der Waals surface area (Å²) in [5.41, 5.74) is 9.44. The van der Waals surface area contributed by atoms with Gasteiger partial charge in [-0.2, -0.15) is 0 Å². The number of primary amides is 1. The number of carbonyl (C=O) groups is 3. The maximum absolute atomic E-state index is 12.0. The minimum absolute atomic E-state index is 0.0411. The Morgan fingerprint density at radius 1 is 1.17 bits per heavy atom. The third kappa shape index (κ3) is 6.12. The molecule has 0 heterocycles. The third-order valence-corrected chi connectivity index (χ3v) is 2.53. The normalized spacial score (nSPS) is 9.91. The van der Waals surface area contributed by atoms with Crippen molar-refractivity contribution in [3.63, 3.8) is 0 Å². The van der Waals surface area contributed by atoms with E-state index in [1.54, 1.807) is 6.07 Å². The standard InChI is InChI=1S/C14H20N4O5/c1-8(2)23-10-5-4-9(6-11(10)22-3)13(20)18-17-12(19)7-16-14(15)21/h4-6,8H,7H2,1-3H3,(H,17,19)(H,18,20)(H3,15,16,21). The topological polar surface area (TPSA) is 132 Å². The summed E-state index contributed by atoms with van der Waals surface area (Å²) in [5, 5.41) is 2.09. The van der Waals surface area contributed by atoms with Crippen molar-refractivity contribution < 1.29 is 23.9 Å². The first-order valence-electron chi connectivity index (χ1n) is 6.80. The molecule has 0 unspecified atom stereocenters. The molecule has 126 valence electrons. The zero-order valence-corrected chi connectivity index (χ0v) is 13.1. The highest BCUT2D eigenvalue weighted by molar-refractivity contribution is 5.96. The van der Waals surface area contributed by atoms with Crippen LogP contribution in [0.3, 0.4) is 0 Å². The van der Waals surface area contributed by atoms with E-state index in [1.165, 1.54) is 19.2 Å². The summed E-state index contributed by atoms with van der Waals surface area (Å²) in [6.07, 6.45) is -0.0411. The van der Waals surface area contributed by atoms with Gasteiger partial charge in [-0.1, -0.05) is 0 Å². The van der Waals surface area contributed by atoms with Gasteiger partial charge in [0.2, 0.25) is 0 Å². The molecule has 1 aromatic rings. The molecule has 1 rings (SSSR count). The Hall–Kier alpha value is -2.97. The number of carbonyl (C=O) groups excluding carboxylic acids is 3. The number of ether oxygens (including phenoxy) is 2. The smallest absolute Gasteiger partial charge is 0.312 e. The predicted molar refractivity (Wildman–Crippen MR) is 82.0 cm³/mol. The van der Waals surface area contributed by atoms with Gasteiger partial charge in [0.05, 0.1) is 13.2 Å². The number of rotatable bonds is 6. The van der Waals surface area contributed by atoms with Gasteiger partial charge in [0.15, 0.2) is 11.5 Å². The number of hydrogen-bond donors (Lipinski definition) is 4. The van der Waals surface area contributed by atoms with Crippen molar-refractivity contribution in [3.8, 4) is 11.5 Å². The Morgan fingerprint density at radius 3 is 2.43 bits per heavy atom. The van der Waals surface area contributed by atoms with Gasteiger partial charge in [0.1, 0.15) is 6.54 Å². The van der Waals surface area contributed by atoms with Crippen LogP contribution in [-0.4, -0.2) is 37.6 Å². The molecular formula is C14H20N4O5. The second kappa shape index (κ2) is 8.47. The lowest BCUT2D eigenvalue weighted by Crippen LogP contribution is -2.47. The number of benzene rings is 1. The molecular weight excluding hydrogens is 304 g/mol. The minimum Gasteiger partial charge on any atom is -0.493 e. The van der Waals surface area contributed by atoms with E-state index in [0.717, 1.165) is 0 Å². The molecule has 0 aromatic heterocycles. The van der Waals surface area contributed by atoms with E-state index in [4.69, 9.17) is 15.2 Å². The molecule has 0 radical (unpaired) electrons. The van der Waals surface area contributed by atoms with Crippen molar-refractivity contribution in [2.24, 2.45) is 5.73 Å². The van der Waals surface area contributed by atoms with Crippen LogP contribution in [0.25, 0.3) is 0 Å². The van der Waals surface area contributed by atoms with Crippen LogP contribution in [0, 0.1) is 0 Å². The number of methoxy groups -OCH3 is 1. The molecule has 5 N–H and O–H groups in total. The van der Waals surface area contributed by atoms with Crippen molar-refractivity contribution >= 4 is 17.8 Å². The van der Waals surface area contributed by atoms with E-state index in [9.17, 15) is 14.4 Å². The van der Waals surface area contributed by atoms with E-state index in [-0.39, 0.29) is 18.2 Å². The zero-order valence-electron chi connectivity index (χ0n) is 13.1. The molecule has 4 amide bonds. The summed E-state index contributed by atoms with van der Waals surface area (Å²) in [4.78, 5) is 33.8. The average Bonchev–Trinajstić information content (AvgIpc) is 2.50. The lowest BCUT2D eigenvalue weighted by atomic mass is 10.2. The summed E-state index contributed by atoms with van der Waals surface area (Å²) in [7, 11) is 1.46. The van der Waals surface area contributed by atoms with Crippen molar-refractivity contribution in [1.82, 2.24) is 16.2 Å². The van der Waals surface area contributed by atoms with Gasteiger partial charge in [-0.3, -0.25) is 20.4 Å². The Kier molecular flexibility index (Phi) is 6.66. The number of hydrogen-bond acceptors (Lipinski definition) is 5. The van der Waals surface area contributed by atoms with Gasteiger partial charge in [0, 0.05) is 5.56 Å². The molecule has 23 heavy (non-hydrogen) atoms. The van der Waals surface area contributed by atoms with Crippen LogP contribution < -0.4 is 31.4 Å². The van der Waals surface area contributed by atoms with Crippen molar-refractivity contribution in [1.29, 1.82) is 0 Å². The summed E-state index contributed by atoms with van der Waals surface area (Å²) in [6, 6.07) is 3.78. The molecule has 0 bridgehead atoms. The zero-order chi connectivity index (χ0) is 17.4. The number of hydrazine groups is 1. The van der Waals surface area contributed by atoms with Crippen molar-refractivity contribution in [2.75, 3.05) is 13.7 Å². The van der Waals surface area contributed by atoms with E-state index in [0.29, 0.717) is 11.5 Å². The van der Waals surface area contributed by atoms with Crippen molar-refractivity contribution in [3.05, 3.63) is 23.8 Å². The van der Waals surface area contributed by atoms with E-state index < -0.39 is 17.8 Å². The lowest BCUT2D eigenvalue weighted by molar-refractivity contribution is -0.120. The summed E-state index contributed by atoms with van der Waals surface area (Å²) in [5.74, 6) is -0.266. The molecule has 0 fully saturated rings. The van der Waals surface area contributed by atoms with E-state index >= 15 is 0 Å². The second-order valence-electron chi connectivity index (χ2n) is 4.75. The first kappa shape index (κ1) is 18.1. The van der Waals surface area contributed by atoms with Gasteiger partial charge in [0.25, 0.3) is 11.8 Å². The van der Waals surface area contributed by atoms with E-state index in [1.807, 2.05) is 13.8 Å². The summed E-state index contributed by atoms with van der Waals surface area (Å²) < 4.78 is 10.7. The number of amides is 4. The highest BCUT2D eigenvalue weighted by Gasteiger charge is 2.13. The number of urea groups is 1. The second-order valence-corrected chi connectivity index (χ2v) is 4.75. The first-order valence-corrected chi connectivity index (χ1v) is 6.80.